The number of carbonyl (C=O) groups is 1. The van der Waals surface area contributed by atoms with Crippen LogP contribution in [0.1, 0.15) is 22.8 Å². The first-order valence-corrected chi connectivity index (χ1v) is 5.87. The largest absolute Gasteiger partial charge is 0.336 e. The predicted octanol–water partition coefficient (Wildman–Crippen LogP) is 1.99. The first kappa shape index (κ1) is 14.9. The van der Waals surface area contributed by atoms with Crippen molar-refractivity contribution in [1.82, 2.24) is 10.2 Å². The molecule has 0 spiro atoms. The quantitative estimate of drug-likeness (QED) is 0.848. The minimum Gasteiger partial charge on any atom is -0.336 e. The number of nitrogens with zero attached hydrogens (tertiary/aromatic N) is 1. The second-order valence-electron chi connectivity index (χ2n) is 4.59. The maximum Gasteiger partial charge on any atom is 0.256 e. The lowest BCUT2D eigenvalue weighted by atomic mass is 10.1. The lowest BCUT2D eigenvalue weighted by Crippen LogP contribution is -2.51. The van der Waals surface area contributed by atoms with Crippen molar-refractivity contribution in [2.45, 2.75) is 19.9 Å². The Kier molecular flexibility index (Phi) is 5.11. The smallest absolute Gasteiger partial charge is 0.256 e. The number of halogens is 2. The van der Waals surface area contributed by atoms with E-state index in [1.807, 2.05) is 13.8 Å². The summed E-state index contributed by atoms with van der Waals surface area (Å²) in [4.78, 5) is 13.9. The Labute approximate surface area is 113 Å². The molecule has 1 aliphatic rings. The molecule has 1 saturated heterocycles. The van der Waals surface area contributed by atoms with Crippen LogP contribution in [0, 0.1) is 12.7 Å². The van der Waals surface area contributed by atoms with E-state index < -0.39 is 5.82 Å². The Morgan fingerprint density at radius 2 is 2.22 bits per heavy atom. The van der Waals surface area contributed by atoms with Crippen LogP contribution in [-0.4, -0.2) is 36.5 Å². The summed E-state index contributed by atoms with van der Waals surface area (Å²) in [5.41, 5.74) is 1.08. The predicted molar refractivity (Wildman–Crippen MR) is 71.8 cm³/mol. The molecule has 0 aromatic heterocycles. The van der Waals surface area contributed by atoms with Gasteiger partial charge in [0.15, 0.2) is 0 Å². The molecule has 18 heavy (non-hydrogen) atoms. The van der Waals surface area contributed by atoms with Gasteiger partial charge in [-0.1, -0.05) is 11.6 Å². The molecule has 1 unspecified atom stereocenters. The van der Waals surface area contributed by atoms with Gasteiger partial charge in [0.2, 0.25) is 0 Å². The average molecular weight is 273 g/mol. The molecule has 0 radical (unpaired) electrons. The Bertz CT molecular complexity index is 439. The number of benzene rings is 1. The van der Waals surface area contributed by atoms with E-state index >= 15 is 0 Å². The van der Waals surface area contributed by atoms with Crippen molar-refractivity contribution < 1.29 is 9.18 Å². The van der Waals surface area contributed by atoms with E-state index in [0.717, 1.165) is 12.1 Å². The standard InChI is InChI=1S/C13H17FN2O.ClH/c1-9-3-4-12(14)11(7-9)13(17)16-6-5-15-10(2)8-16;/h3-4,7,10,15H,5-6,8H2,1-2H3;1H. The number of amides is 1. The van der Waals surface area contributed by atoms with Crippen molar-refractivity contribution in [1.29, 1.82) is 0 Å². The second kappa shape index (κ2) is 6.16. The lowest BCUT2D eigenvalue weighted by Gasteiger charge is -2.32. The SMILES string of the molecule is Cc1ccc(F)c(C(=O)N2CCNC(C)C2)c1.Cl. The number of aryl methyl sites for hydroxylation is 1. The van der Waals surface area contributed by atoms with Crippen molar-refractivity contribution in [3.8, 4) is 0 Å². The van der Waals surface area contributed by atoms with Crippen LogP contribution < -0.4 is 5.32 Å². The van der Waals surface area contributed by atoms with E-state index in [1.165, 1.54) is 6.07 Å². The highest BCUT2D eigenvalue weighted by Crippen LogP contribution is 2.14. The Morgan fingerprint density at radius 1 is 1.50 bits per heavy atom. The molecule has 1 fully saturated rings. The summed E-state index contributed by atoms with van der Waals surface area (Å²) in [6.45, 7) is 5.91. The summed E-state index contributed by atoms with van der Waals surface area (Å²) in [5, 5.41) is 3.26. The van der Waals surface area contributed by atoms with Crippen LogP contribution in [0.4, 0.5) is 4.39 Å². The Balaban J connectivity index is 0.00000162. The van der Waals surface area contributed by atoms with Gasteiger partial charge in [0.05, 0.1) is 5.56 Å². The van der Waals surface area contributed by atoms with Crippen molar-refractivity contribution in [3.63, 3.8) is 0 Å². The first-order chi connectivity index (χ1) is 8.08. The highest BCUT2D eigenvalue weighted by Gasteiger charge is 2.23. The van der Waals surface area contributed by atoms with Crippen molar-refractivity contribution in [3.05, 3.63) is 35.1 Å². The maximum absolute atomic E-state index is 13.6. The van der Waals surface area contributed by atoms with E-state index in [1.54, 1.807) is 17.0 Å². The van der Waals surface area contributed by atoms with Gasteiger partial charge in [-0.2, -0.15) is 0 Å². The topological polar surface area (TPSA) is 32.3 Å². The molecule has 0 aliphatic carbocycles. The molecule has 1 atom stereocenters. The summed E-state index contributed by atoms with van der Waals surface area (Å²) in [6.07, 6.45) is 0. The molecule has 0 bridgehead atoms. The number of hydrogen-bond donors (Lipinski definition) is 1. The summed E-state index contributed by atoms with van der Waals surface area (Å²) in [6, 6.07) is 4.91. The van der Waals surface area contributed by atoms with E-state index in [4.69, 9.17) is 0 Å². The molecule has 2 rings (SSSR count). The number of piperazine rings is 1. The zero-order valence-electron chi connectivity index (χ0n) is 10.6. The van der Waals surface area contributed by atoms with E-state index in [0.29, 0.717) is 13.1 Å². The van der Waals surface area contributed by atoms with Gasteiger partial charge < -0.3 is 10.2 Å². The molecule has 1 N–H and O–H groups in total. The molecule has 1 aromatic rings. The minimum absolute atomic E-state index is 0. The fourth-order valence-electron chi connectivity index (χ4n) is 2.09. The van der Waals surface area contributed by atoms with Crippen molar-refractivity contribution in [2.75, 3.05) is 19.6 Å². The molecular formula is C13H18ClFN2O. The van der Waals surface area contributed by atoms with Crippen LogP contribution in [-0.2, 0) is 0 Å². The third-order valence-electron chi connectivity index (χ3n) is 3.01. The van der Waals surface area contributed by atoms with Gasteiger partial charge in [0.25, 0.3) is 5.91 Å². The fraction of sp³-hybridized carbons (Fsp3) is 0.462. The fourth-order valence-corrected chi connectivity index (χ4v) is 2.09. The second-order valence-corrected chi connectivity index (χ2v) is 4.59. The molecule has 1 aliphatic heterocycles. The summed E-state index contributed by atoms with van der Waals surface area (Å²) in [5.74, 6) is -0.647. The summed E-state index contributed by atoms with van der Waals surface area (Å²) < 4.78 is 13.6. The van der Waals surface area contributed by atoms with Crippen LogP contribution >= 0.6 is 12.4 Å². The van der Waals surface area contributed by atoms with Crippen LogP contribution in [0.3, 0.4) is 0 Å². The minimum atomic E-state index is -0.438. The highest BCUT2D eigenvalue weighted by atomic mass is 35.5. The molecular weight excluding hydrogens is 255 g/mol. The van der Waals surface area contributed by atoms with Gasteiger partial charge >= 0.3 is 0 Å². The van der Waals surface area contributed by atoms with Gasteiger partial charge in [-0.3, -0.25) is 4.79 Å². The molecule has 1 heterocycles. The monoisotopic (exact) mass is 272 g/mol. The number of nitrogens with one attached hydrogen (secondary N) is 1. The molecule has 0 saturated carbocycles. The van der Waals surface area contributed by atoms with E-state index in [-0.39, 0.29) is 29.9 Å². The molecule has 100 valence electrons. The maximum atomic E-state index is 13.6. The zero-order chi connectivity index (χ0) is 12.4. The molecule has 1 aromatic carbocycles. The van der Waals surface area contributed by atoms with Gasteiger partial charge in [-0.05, 0) is 26.0 Å². The number of rotatable bonds is 1. The van der Waals surface area contributed by atoms with E-state index in [9.17, 15) is 9.18 Å². The van der Waals surface area contributed by atoms with Gasteiger partial charge in [0, 0.05) is 25.7 Å². The summed E-state index contributed by atoms with van der Waals surface area (Å²) in [7, 11) is 0. The highest BCUT2D eigenvalue weighted by molar-refractivity contribution is 5.94. The first-order valence-electron chi connectivity index (χ1n) is 5.87. The molecule has 3 nitrogen and oxygen atoms in total. The number of hydrogen-bond acceptors (Lipinski definition) is 2. The Morgan fingerprint density at radius 3 is 2.89 bits per heavy atom. The van der Waals surface area contributed by atoms with Crippen LogP contribution in [0.15, 0.2) is 18.2 Å². The molecule has 1 amide bonds. The zero-order valence-corrected chi connectivity index (χ0v) is 11.4. The van der Waals surface area contributed by atoms with Crippen LogP contribution in [0.2, 0.25) is 0 Å². The van der Waals surface area contributed by atoms with Crippen molar-refractivity contribution >= 4 is 18.3 Å². The third-order valence-corrected chi connectivity index (χ3v) is 3.01. The Hall–Kier alpha value is -1.13. The molecule has 5 heteroatoms. The van der Waals surface area contributed by atoms with E-state index in [2.05, 4.69) is 5.32 Å². The number of carbonyl (C=O) groups excluding carboxylic acids is 1. The van der Waals surface area contributed by atoms with Gasteiger partial charge in [0.1, 0.15) is 5.82 Å². The van der Waals surface area contributed by atoms with Gasteiger partial charge in [-0.15, -0.1) is 12.4 Å². The van der Waals surface area contributed by atoms with Gasteiger partial charge in [-0.25, -0.2) is 4.39 Å². The normalized spacial score (nSPS) is 19.3. The third kappa shape index (κ3) is 3.21. The lowest BCUT2D eigenvalue weighted by molar-refractivity contribution is 0.0704. The summed E-state index contributed by atoms with van der Waals surface area (Å²) >= 11 is 0. The van der Waals surface area contributed by atoms with Crippen LogP contribution in [0.25, 0.3) is 0 Å². The van der Waals surface area contributed by atoms with Crippen LogP contribution in [0.5, 0.6) is 0 Å². The average Bonchev–Trinajstić information content (AvgIpc) is 2.31. The van der Waals surface area contributed by atoms with Crippen molar-refractivity contribution in [2.24, 2.45) is 0 Å².